The van der Waals surface area contributed by atoms with Crippen LogP contribution >= 0.6 is 11.6 Å². The number of hydrogen-bond acceptors (Lipinski definition) is 2. The molecule has 0 unspecified atom stereocenters. The Morgan fingerprint density at radius 2 is 2.00 bits per heavy atom. The highest BCUT2D eigenvalue weighted by molar-refractivity contribution is 6.30. The van der Waals surface area contributed by atoms with Crippen LogP contribution in [0.4, 0.5) is 0 Å². The number of rotatable bonds is 2. The first-order valence-corrected chi connectivity index (χ1v) is 4.97. The van der Waals surface area contributed by atoms with Crippen molar-refractivity contribution in [2.45, 2.75) is 13.0 Å². The zero-order valence-electron chi connectivity index (χ0n) is 8.18. The van der Waals surface area contributed by atoms with Crippen molar-refractivity contribution in [3.05, 3.63) is 57.9 Å². The fourth-order valence-electron chi connectivity index (χ4n) is 1.47. The van der Waals surface area contributed by atoms with Crippen LogP contribution in [0.1, 0.15) is 18.5 Å². The van der Waals surface area contributed by atoms with Gasteiger partial charge in [0.1, 0.15) is 6.26 Å². The Morgan fingerprint density at radius 1 is 1.33 bits per heavy atom. The summed E-state index contributed by atoms with van der Waals surface area (Å²) in [6.45, 7) is 1.93. The predicted molar refractivity (Wildman–Crippen MR) is 58.2 cm³/mol. The van der Waals surface area contributed by atoms with Gasteiger partial charge in [0.05, 0.1) is 6.04 Å². The molecule has 1 aromatic carbocycles. The average molecular weight is 224 g/mol. The number of hydrogen-bond donors (Lipinski definition) is 0. The van der Waals surface area contributed by atoms with Gasteiger partial charge >= 0.3 is 5.76 Å². The third-order valence-electron chi connectivity index (χ3n) is 2.37. The van der Waals surface area contributed by atoms with E-state index in [0.717, 1.165) is 5.56 Å². The molecule has 3 nitrogen and oxygen atoms in total. The van der Waals surface area contributed by atoms with Crippen LogP contribution in [0.2, 0.25) is 5.02 Å². The highest BCUT2D eigenvalue weighted by Crippen LogP contribution is 2.18. The summed E-state index contributed by atoms with van der Waals surface area (Å²) >= 11 is 5.79. The van der Waals surface area contributed by atoms with Crippen LogP contribution in [0.5, 0.6) is 0 Å². The summed E-state index contributed by atoms with van der Waals surface area (Å²) in [5, 5.41) is 0.686. The number of oxazole rings is 1. The van der Waals surface area contributed by atoms with Crippen LogP contribution in [-0.2, 0) is 0 Å². The highest BCUT2D eigenvalue weighted by Gasteiger charge is 2.10. The molecule has 0 aliphatic carbocycles. The standard InChI is InChI=1S/C11H10ClNO2/c1-8(13-6-7-15-11(13)14)9-2-4-10(12)5-3-9/h2-8H,1H3/t8-/m1/s1. The molecule has 0 bridgehead atoms. The average Bonchev–Trinajstić information content (AvgIpc) is 2.65. The third-order valence-corrected chi connectivity index (χ3v) is 2.62. The molecule has 15 heavy (non-hydrogen) atoms. The molecule has 4 heteroatoms. The SMILES string of the molecule is C[C@H](c1ccc(Cl)cc1)n1ccoc1=O. The molecule has 0 saturated carbocycles. The van der Waals surface area contributed by atoms with E-state index in [1.165, 1.54) is 10.8 Å². The minimum atomic E-state index is -0.350. The smallest absolute Gasteiger partial charge is 0.416 e. The number of nitrogens with zero attached hydrogens (tertiary/aromatic N) is 1. The Kier molecular flexibility index (Phi) is 2.64. The second kappa shape index (κ2) is 3.95. The first-order valence-electron chi connectivity index (χ1n) is 4.59. The molecule has 0 fully saturated rings. The van der Waals surface area contributed by atoms with Crippen LogP contribution in [0, 0.1) is 0 Å². The van der Waals surface area contributed by atoms with Crippen molar-refractivity contribution in [2.24, 2.45) is 0 Å². The lowest BCUT2D eigenvalue weighted by Crippen LogP contribution is -2.18. The topological polar surface area (TPSA) is 35.1 Å². The van der Waals surface area contributed by atoms with Crippen molar-refractivity contribution in [1.29, 1.82) is 0 Å². The van der Waals surface area contributed by atoms with Gasteiger partial charge in [0, 0.05) is 11.2 Å². The lowest BCUT2D eigenvalue weighted by atomic mass is 10.1. The van der Waals surface area contributed by atoms with Gasteiger partial charge in [-0.05, 0) is 24.6 Å². The maximum atomic E-state index is 11.3. The largest absolute Gasteiger partial charge is 0.419 e. The second-order valence-electron chi connectivity index (χ2n) is 3.30. The van der Waals surface area contributed by atoms with Gasteiger partial charge in [-0.3, -0.25) is 4.57 Å². The molecule has 0 aliphatic rings. The lowest BCUT2D eigenvalue weighted by Gasteiger charge is -2.11. The number of halogens is 1. The highest BCUT2D eigenvalue weighted by atomic mass is 35.5. The van der Waals surface area contributed by atoms with Gasteiger partial charge in [0.25, 0.3) is 0 Å². The normalized spacial score (nSPS) is 12.7. The van der Waals surface area contributed by atoms with Crippen molar-refractivity contribution >= 4 is 11.6 Å². The number of benzene rings is 1. The third kappa shape index (κ3) is 1.97. The van der Waals surface area contributed by atoms with Crippen molar-refractivity contribution in [1.82, 2.24) is 4.57 Å². The van der Waals surface area contributed by atoms with E-state index in [0.29, 0.717) is 5.02 Å². The Balaban J connectivity index is 2.36. The molecule has 1 heterocycles. The van der Waals surface area contributed by atoms with Crippen LogP contribution in [0.25, 0.3) is 0 Å². The van der Waals surface area contributed by atoms with Crippen LogP contribution in [0.3, 0.4) is 0 Å². The van der Waals surface area contributed by atoms with Crippen LogP contribution in [0.15, 0.2) is 45.9 Å². The summed E-state index contributed by atoms with van der Waals surface area (Å²) < 4.78 is 6.24. The van der Waals surface area contributed by atoms with Crippen LogP contribution in [-0.4, -0.2) is 4.57 Å². The monoisotopic (exact) mass is 223 g/mol. The molecule has 1 aromatic heterocycles. The van der Waals surface area contributed by atoms with Crippen molar-refractivity contribution in [2.75, 3.05) is 0 Å². The maximum absolute atomic E-state index is 11.3. The molecule has 0 radical (unpaired) electrons. The fraction of sp³-hybridized carbons (Fsp3) is 0.182. The van der Waals surface area contributed by atoms with Gasteiger partial charge in [-0.25, -0.2) is 4.79 Å². The Morgan fingerprint density at radius 3 is 2.53 bits per heavy atom. The summed E-state index contributed by atoms with van der Waals surface area (Å²) in [5.41, 5.74) is 1.02. The molecular weight excluding hydrogens is 214 g/mol. The van der Waals surface area contributed by atoms with E-state index in [1.54, 1.807) is 18.3 Å². The summed E-state index contributed by atoms with van der Waals surface area (Å²) in [6.07, 6.45) is 3.01. The molecule has 2 aromatic rings. The molecule has 78 valence electrons. The van der Waals surface area contributed by atoms with E-state index in [1.807, 2.05) is 19.1 Å². The first-order chi connectivity index (χ1) is 7.18. The minimum Gasteiger partial charge on any atom is -0.416 e. The fourth-order valence-corrected chi connectivity index (χ4v) is 1.59. The summed E-state index contributed by atoms with van der Waals surface area (Å²) in [4.78, 5) is 11.3. The summed E-state index contributed by atoms with van der Waals surface area (Å²) in [7, 11) is 0. The summed E-state index contributed by atoms with van der Waals surface area (Å²) in [5.74, 6) is -0.350. The molecule has 0 spiro atoms. The maximum Gasteiger partial charge on any atom is 0.419 e. The van der Waals surface area contributed by atoms with Gasteiger partial charge in [0.2, 0.25) is 0 Å². The molecule has 1 atom stereocenters. The molecule has 0 N–H and O–H groups in total. The van der Waals surface area contributed by atoms with Crippen molar-refractivity contribution in [3.63, 3.8) is 0 Å². The minimum absolute atomic E-state index is 0.0477. The van der Waals surface area contributed by atoms with E-state index in [2.05, 4.69) is 0 Å². The Hall–Kier alpha value is -1.48. The van der Waals surface area contributed by atoms with Crippen LogP contribution < -0.4 is 5.76 Å². The van der Waals surface area contributed by atoms with Gasteiger partial charge < -0.3 is 4.42 Å². The number of aromatic nitrogens is 1. The molecule has 0 amide bonds. The van der Waals surface area contributed by atoms with Crippen molar-refractivity contribution in [3.8, 4) is 0 Å². The van der Waals surface area contributed by atoms with Gasteiger partial charge in [-0.2, -0.15) is 0 Å². The molecule has 0 saturated heterocycles. The second-order valence-corrected chi connectivity index (χ2v) is 3.74. The van der Waals surface area contributed by atoms with Gasteiger partial charge in [-0.1, -0.05) is 23.7 Å². The van der Waals surface area contributed by atoms with E-state index in [-0.39, 0.29) is 11.8 Å². The Labute approximate surface area is 91.9 Å². The first kappa shape index (κ1) is 10.1. The Bertz CT molecular complexity index is 498. The van der Waals surface area contributed by atoms with Crippen molar-refractivity contribution < 1.29 is 4.42 Å². The van der Waals surface area contributed by atoms with E-state index < -0.39 is 0 Å². The van der Waals surface area contributed by atoms with Gasteiger partial charge in [-0.15, -0.1) is 0 Å². The lowest BCUT2D eigenvalue weighted by molar-refractivity contribution is 0.465. The van der Waals surface area contributed by atoms with E-state index in [9.17, 15) is 4.79 Å². The zero-order valence-corrected chi connectivity index (χ0v) is 8.94. The molecular formula is C11H10ClNO2. The molecule has 2 rings (SSSR count). The zero-order chi connectivity index (χ0) is 10.8. The predicted octanol–water partition coefficient (Wildman–Crippen LogP) is 2.70. The van der Waals surface area contributed by atoms with E-state index >= 15 is 0 Å². The summed E-state index contributed by atoms with van der Waals surface area (Å²) in [6, 6.07) is 7.35. The van der Waals surface area contributed by atoms with Gasteiger partial charge in [0.15, 0.2) is 0 Å². The van der Waals surface area contributed by atoms with E-state index in [4.69, 9.17) is 16.0 Å². The molecule has 0 aliphatic heterocycles. The quantitative estimate of drug-likeness (QED) is 0.785.